The minimum Gasteiger partial charge on any atom is -0.382 e. The van der Waals surface area contributed by atoms with E-state index in [1.807, 2.05) is 6.07 Å². The molecule has 1 aromatic heterocycles. The number of hydrogen-bond donors (Lipinski definition) is 2. The average molecular weight is 343 g/mol. The van der Waals surface area contributed by atoms with Crippen molar-refractivity contribution in [1.29, 1.82) is 5.26 Å². The Morgan fingerprint density at radius 2 is 2.00 bits per heavy atom. The summed E-state index contributed by atoms with van der Waals surface area (Å²) in [5.41, 5.74) is 11.1. The molecule has 2 aromatic rings. The van der Waals surface area contributed by atoms with E-state index in [9.17, 15) is 4.39 Å². The SMILES string of the molecule is N#Cc1c(N)nc(N)nc1-c1ccc(Cl)c(Br)c1F. The number of halogens is 3. The van der Waals surface area contributed by atoms with Crippen molar-refractivity contribution in [2.45, 2.75) is 0 Å². The Kier molecular flexibility index (Phi) is 3.55. The fourth-order valence-corrected chi connectivity index (χ4v) is 2.00. The van der Waals surface area contributed by atoms with Gasteiger partial charge in [-0.25, -0.2) is 9.37 Å². The van der Waals surface area contributed by atoms with Crippen LogP contribution in [0.4, 0.5) is 16.2 Å². The van der Waals surface area contributed by atoms with Gasteiger partial charge in [-0.1, -0.05) is 11.6 Å². The maximum Gasteiger partial charge on any atom is 0.222 e. The number of aromatic nitrogens is 2. The van der Waals surface area contributed by atoms with Crippen LogP contribution in [-0.4, -0.2) is 9.97 Å². The molecule has 0 amide bonds. The van der Waals surface area contributed by atoms with E-state index in [-0.39, 0.29) is 38.1 Å². The number of nitrogen functional groups attached to an aromatic ring is 2. The Balaban J connectivity index is 2.80. The largest absolute Gasteiger partial charge is 0.382 e. The maximum absolute atomic E-state index is 14.1. The van der Waals surface area contributed by atoms with Crippen LogP contribution in [0.2, 0.25) is 5.02 Å². The van der Waals surface area contributed by atoms with Crippen LogP contribution in [0.5, 0.6) is 0 Å². The number of rotatable bonds is 1. The van der Waals surface area contributed by atoms with Crippen LogP contribution < -0.4 is 11.5 Å². The third kappa shape index (κ3) is 2.32. The Morgan fingerprint density at radius 1 is 1.32 bits per heavy atom. The van der Waals surface area contributed by atoms with Crippen LogP contribution in [-0.2, 0) is 0 Å². The first-order valence-corrected chi connectivity index (χ1v) is 6.09. The van der Waals surface area contributed by atoms with Crippen LogP contribution in [0.25, 0.3) is 11.3 Å². The molecular weight excluding hydrogens is 337 g/mol. The highest BCUT2D eigenvalue weighted by atomic mass is 79.9. The van der Waals surface area contributed by atoms with Gasteiger partial charge in [0.2, 0.25) is 5.95 Å². The van der Waals surface area contributed by atoms with E-state index in [4.69, 9.17) is 28.3 Å². The fourth-order valence-electron chi connectivity index (χ4n) is 1.51. The minimum atomic E-state index is -0.651. The van der Waals surface area contributed by atoms with E-state index < -0.39 is 5.82 Å². The summed E-state index contributed by atoms with van der Waals surface area (Å²) >= 11 is 8.79. The summed E-state index contributed by atoms with van der Waals surface area (Å²) in [5.74, 6) is -0.894. The second-order valence-electron chi connectivity index (χ2n) is 3.53. The molecule has 0 atom stereocenters. The van der Waals surface area contributed by atoms with Gasteiger partial charge in [0.05, 0.1) is 15.2 Å². The van der Waals surface area contributed by atoms with Crippen LogP contribution in [0.1, 0.15) is 5.56 Å². The van der Waals surface area contributed by atoms with E-state index in [1.54, 1.807) is 0 Å². The third-order valence-corrected chi connectivity index (χ3v) is 3.67. The highest BCUT2D eigenvalue weighted by molar-refractivity contribution is 9.10. The van der Waals surface area contributed by atoms with E-state index >= 15 is 0 Å². The smallest absolute Gasteiger partial charge is 0.222 e. The minimum absolute atomic E-state index is 0.0300. The molecule has 0 aliphatic rings. The molecule has 0 bridgehead atoms. The normalized spacial score (nSPS) is 10.2. The van der Waals surface area contributed by atoms with Gasteiger partial charge in [-0.05, 0) is 28.1 Å². The Bertz CT molecular complexity index is 713. The van der Waals surface area contributed by atoms with Crippen molar-refractivity contribution in [3.8, 4) is 17.3 Å². The van der Waals surface area contributed by atoms with E-state index in [2.05, 4.69) is 25.9 Å². The molecule has 0 saturated heterocycles. The van der Waals surface area contributed by atoms with E-state index in [0.29, 0.717) is 0 Å². The van der Waals surface area contributed by atoms with Crippen molar-refractivity contribution < 1.29 is 4.39 Å². The van der Waals surface area contributed by atoms with Crippen LogP contribution in [0.3, 0.4) is 0 Å². The lowest BCUT2D eigenvalue weighted by molar-refractivity contribution is 0.624. The molecule has 0 spiro atoms. The average Bonchev–Trinajstić information content (AvgIpc) is 2.35. The summed E-state index contributed by atoms with van der Waals surface area (Å²) in [6, 6.07) is 4.70. The van der Waals surface area contributed by atoms with Gasteiger partial charge >= 0.3 is 0 Å². The highest BCUT2D eigenvalue weighted by Gasteiger charge is 2.19. The van der Waals surface area contributed by atoms with Gasteiger partial charge in [0.15, 0.2) is 0 Å². The number of benzene rings is 1. The van der Waals surface area contributed by atoms with Crippen molar-refractivity contribution in [3.05, 3.63) is 33.0 Å². The molecule has 2 rings (SSSR count). The van der Waals surface area contributed by atoms with Crippen molar-refractivity contribution in [2.24, 2.45) is 0 Å². The van der Waals surface area contributed by atoms with Gasteiger partial charge in [-0.3, -0.25) is 0 Å². The topological polar surface area (TPSA) is 102 Å². The Hall–Kier alpha value is -1.91. The summed E-state index contributed by atoms with van der Waals surface area (Å²) in [6.07, 6.45) is 0. The lowest BCUT2D eigenvalue weighted by Crippen LogP contribution is -2.05. The van der Waals surface area contributed by atoms with Crippen molar-refractivity contribution in [2.75, 3.05) is 11.5 Å². The predicted molar refractivity (Wildman–Crippen MR) is 73.7 cm³/mol. The number of nitrogens with zero attached hydrogens (tertiary/aromatic N) is 3. The molecule has 1 aromatic carbocycles. The second-order valence-corrected chi connectivity index (χ2v) is 4.73. The molecule has 0 radical (unpaired) electrons. The number of anilines is 2. The zero-order valence-electron chi connectivity index (χ0n) is 9.28. The molecule has 96 valence electrons. The van der Waals surface area contributed by atoms with Gasteiger partial charge < -0.3 is 11.5 Å². The van der Waals surface area contributed by atoms with Gasteiger partial charge in [0, 0.05) is 5.56 Å². The first-order chi connectivity index (χ1) is 8.95. The molecule has 5 nitrogen and oxygen atoms in total. The summed E-state index contributed by atoms with van der Waals surface area (Å²) < 4.78 is 14.2. The maximum atomic E-state index is 14.1. The quantitative estimate of drug-likeness (QED) is 0.776. The first-order valence-electron chi connectivity index (χ1n) is 4.92. The van der Waals surface area contributed by atoms with Gasteiger partial charge in [0.25, 0.3) is 0 Å². The number of hydrogen-bond acceptors (Lipinski definition) is 5. The lowest BCUT2D eigenvalue weighted by Gasteiger charge is -2.09. The van der Waals surface area contributed by atoms with Gasteiger partial charge in [-0.15, -0.1) is 0 Å². The molecule has 0 aliphatic heterocycles. The Morgan fingerprint density at radius 3 is 2.63 bits per heavy atom. The first kappa shape index (κ1) is 13.5. The monoisotopic (exact) mass is 341 g/mol. The number of nitriles is 1. The van der Waals surface area contributed by atoms with Crippen LogP contribution in [0, 0.1) is 17.1 Å². The standard InChI is InChI=1S/C11H6BrClFN5/c12-7-6(13)2-1-4(8(7)14)9-5(3-15)10(16)19-11(17)18-9/h1-2H,(H4,16,17,18,19). The van der Waals surface area contributed by atoms with E-state index in [1.165, 1.54) is 12.1 Å². The lowest BCUT2D eigenvalue weighted by atomic mass is 10.1. The zero-order valence-corrected chi connectivity index (χ0v) is 11.6. The zero-order chi connectivity index (χ0) is 14.2. The predicted octanol–water partition coefficient (Wildman–Crippen LogP) is 2.73. The summed E-state index contributed by atoms with van der Waals surface area (Å²) in [4.78, 5) is 7.53. The van der Waals surface area contributed by atoms with Gasteiger partial charge in [0.1, 0.15) is 23.3 Å². The van der Waals surface area contributed by atoms with E-state index in [0.717, 1.165) is 0 Å². The molecule has 0 aliphatic carbocycles. The van der Waals surface area contributed by atoms with Crippen molar-refractivity contribution >= 4 is 39.3 Å². The summed E-state index contributed by atoms with van der Waals surface area (Å²) in [7, 11) is 0. The van der Waals surface area contributed by atoms with Crippen molar-refractivity contribution in [1.82, 2.24) is 9.97 Å². The number of nitrogens with two attached hydrogens (primary N) is 2. The molecule has 0 fully saturated rings. The van der Waals surface area contributed by atoms with Crippen molar-refractivity contribution in [3.63, 3.8) is 0 Å². The Labute approximate surface area is 121 Å². The molecule has 0 saturated carbocycles. The third-order valence-electron chi connectivity index (χ3n) is 2.36. The molecule has 1 heterocycles. The second kappa shape index (κ2) is 4.99. The molecule has 8 heteroatoms. The molecule has 4 N–H and O–H groups in total. The van der Waals surface area contributed by atoms with Crippen LogP contribution >= 0.6 is 27.5 Å². The van der Waals surface area contributed by atoms with Crippen LogP contribution in [0.15, 0.2) is 16.6 Å². The molecular formula is C11H6BrClFN5. The fraction of sp³-hybridized carbons (Fsp3) is 0. The summed E-state index contributed by atoms with van der Waals surface area (Å²) in [5, 5.41) is 9.26. The molecule has 19 heavy (non-hydrogen) atoms. The summed E-state index contributed by atoms with van der Waals surface area (Å²) in [6.45, 7) is 0. The highest BCUT2D eigenvalue weighted by Crippen LogP contribution is 2.34. The molecule has 0 unspecified atom stereocenters. The van der Waals surface area contributed by atoms with Gasteiger partial charge in [-0.2, -0.15) is 10.2 Å².